The maximum atomic E-state index is 5.49. The van der Waals surface area contributed by atoms with Gasteiger partial charge in [-0.25, -0.2) is 9.68 Å². The Kier molecular flexibility index (Phi) is 4.56. The molecule has 2 heterocycles. The van der Waals surface area contributed by atoms with Crippen molar-refractivity contribution in [3.05, 3.63) is 29.0 Å². The lowest BCUT2D eigenvalue weighted by Gasteiger charge is -2.21. The maximum absolute atomic E-state index is 5.49. The Bertz CT molecular complexity index is 433. The minimum atomic E-state index is 0.583. The van der Waals surface area contributed by atoms with Crippen LogP contribution in [0.3, 0.4) is 0 Å². The third-order valence-corrected chi connectivity index (χ3v) is 4.03. The smallest absolute Gasteiger partial charge is 0.114 e. The predicted molar refractivity (Wildman–Crippen MR) is 73.4 cm³/mol. The summed E-state index contributed by atoms with van der Waals surface area (Å²) >= 11 is 3.42. The summed E-state index contributed by atoms with van der Waals surface area (Å²) < 4.78 is 0. The number of rotatable bonds is 6. The molecule has 0 aliphatic carbocycles. The topological polar surface area (TPSA) is 21.7 Å². The fourth-order valence-corrected chi connectivity index (χ4v) is 3.19. The molecule has 0 unspecified atom stereocenters. The van der Waals surface area contributed by atoms with E-state index in [1.807, 2.05) is 19.9 Å². The molecule has 0 aliphatic rings. The van der Waals surface area contributed by atoms with Crippen LogP contribution in [0, 0.1) is 0 Å². The normalized spacial score (nSPS) is 10.7. The van der Waals surface area contributed by atoms with E-state index in [0.29, 0.717) is 13.2 Å². The van der Waals surface area contributed by atoms with Crippen molar-refractivity contribution in [3.63, 3.8) is 0 Å². The van der Waals surface area contributed by atoms with Gasteiger partial charge in [-0.1, -0.05) is 6.07 Å². The zero-order chi connectivity index (χ0) is 12.1. The van der Waals surface area contributed by atoms with Crippen LogP contribution in [-0.4, -0.2) is 13.2 Å². The molecule has 0 bridgehead atoms. The van der Waals surface area contributed by atoms with Crippen molar-refractivity contribution in [1.82, 2.24) is 0 Å². The van der Waals surface area contributed by atoms with E-state index in [-0.39, 0.29) is 0 Å². The monoisotopic (exact) mass is 269 g/mol. The summed E-state index contributed by atoms with van der Waals surface area (Å²) in [4.78, 5) is 13.4. The van der Waals surface area contributed by atoms with E-state index in [0.717, 1.165) is 5.69 Å². The standard InChI is InChI=1S/C12H15NO2S2/c1-3-14-13(15-4-2)10-7-9-17-12(10)11-6-5-8-16-11/h5-9H,3-4H2,1-2H3. The van der Waals surface area contributed by atoms with E-state index in [1.165, 1.54) is 15.0 Å². The van der Waals surface area contributed by atoms with Gasteiger partial charge in [0.2, 0.25) is 0 Å². The maximum Gasteiger partial charge on any atom is 0.114 e. The lowest BCUT2D eigenvalue weighted by atomic mass is 10.3. The second-order valence-electron chi connectivity index (χ2n) is 3.20. The average Bonchev–Trinajstić information content (AvgIpc) is 2.99. The van der Waals surface area contributed by atoms with Crippen LogP contribution in [0.25, 0.3) is 9.75 Å². The Hall–Kier alpha value is -0.880. The minimum absolute atomic E-state index is 0.583. The number of hydrogen-bond donors (Lipinski definition) is 0. The molecule has 2 rings (SSSR count). The molecule has 92 valence electrons. The molecule has 17 heavy (non-hydrogen) atoms. The van der Waals surface area contributed by atoms with Crippen molar-refractivity contribution in [3.8, 4) is 9.75 Å². The van der Waals surface area contributed by atoms with Gasteiger partial charge in [0.05, 0.1) is 18.1 Å². The highest BCUT2D eigenvalue weighted by Gasteiger charge is 2.15. The molecule has 5 heteroatoms. The first kappa shape index (κ1) is 12.6. The van der Waals surface area contributed by atoms with Crippen molar-refractivity contribution in [2.45, 2.75) is 13.8 Å². The van der Waals surface area contributed by atoms with Crippen molar-refractivity contribution in [1.29, 1.82) is 0 Å². The van der Waals surface area contributed by atoms with Crippen LogP contribution in [0.5, 0.6) is 0 Å². The van der Waals surface area contributed by atoms with Crippen molar-refractivity contribution in [2.24, 2.45) is 0 Å². The van der Waals surface area contributed by atoms with E-state index >= 15 is 0 Å². The third kappa shape index (κ3) is 2.87. The van der Waals surface area contributed by atoms with Crippen LogP contribution in [0.1, 0.15) is 13.8 Å². The summed E-state index contributed by atoms with van der Waals surface area (Å²) in [6, 6.07) is 6.18. The molecule has 0 fully saturated rings. The second kappa shape index (κ2) is 6.16. The van der Waals surface area contributed by atoms with E-state index in [4.69, 9.17) is 9.68 Å². The highest BCUT2D eigenvalue weighted by Crippen LogP contribution is 2.38. The number of hydrogen-bond acceptors (Lipinski definition) is 5. The molecule has 0 saturated heterocycles. The van der Waals surface area contributed by atoms with Crippen molar-refractivity contribution in [2.75, 3.05) is 18.4 Å². The number of nitrogens with zero attached hydrogens (tertiary/aromatic N) is 1. The Morgan fingerprint density at radius 3 is 2.41 bits per heavy atom. The van der Waals surface area contributed by atoms with Gasteiger partial charge in [0.15, 0.2) is 0 Å². The quantitative estimate of drug-likeness (QED) is 0.734. The van der Waals surface area contributed by atoms with Crippen LogP contribution in [0.2, 0.25) is 0 Å². The van der Waals surface area contributed by atoms with Gasteiger partial charge in [0.25, 0.3) is 0 Å². The number of thiophene rings is 2. The molecule has 0 radical (unpaired) electrons. The molecule has 0 atom stereocenters. The zero-order valence-electron chi connectivity index (χ0n) is 9.88. The first-order valence-electron chi connectivity index (χ1n) is 5.54. The van der Waals surface area contributed by atoms with Gasteiger partial charge in [0, 0.05) is 4.88 Å². The van der Waals surface area contributed by atoms with Crippen LogP contribution >= 0.6 is 22.7 Å². The van der Waals surface area contributed by atoms with Gasteiger partial charge < -0.3 is 0 Å². The lowest BCUT2D eigenvalue weighted by Crippen LogP contribution is -2.23. The summed E-state index contributed by atoms with van der Waals surface area (Å²) in [5.41, 5.74) is 0.973. The largest absolute Gasteiger partial charge is 0.249 e. The molecular weight excluding hydrogens is 254 g/mol. The Morgan fingerprint density at radius 2 is 1.82 bits per heavy atom. The fraction of sp³-hybridized carbons (Fsp3) is 0.333. The van der Waals surface area contributed by atoms with E-state index in [2.05, 4.69) is 22.9 Å². The molecule has 3 nitrogen and oxygen atoms in total. The second-order valence-corrected chi connectivity index (χ2v) is 5.07. The first-order valence-corrected chi connectivity index (χ1v) is 7.30. The zero-order valence-corrected chi connectivity index (χ0v) is 11.5. The summed E-state index contributed by atoms with van der Waals surface area (Å²) in [6.07, 6.45) is 0. The Balaban J connectivity index is 2.28. The molecule has 0 saturated carbocycles. The van der Waals surface area contributed by atoms with Gasteiger partial charge >= 0.3 is 0 Å². The van der Waals surface area contributed by atoms with Gasteiger partial charge in [0.1, 0.15) is 5.69 Å². The average molecular weight is 269 g/mol. The molecular formula is C12H15NO2S2. The summed E-state index contributed by atoms with van der Waals surface area (Å²) in [7, 11) is 0. The van der Waals surface area contributed by atoms with Crippen molar-refractivity contribution >= 4 is 28.4 Å². The third-order valence-electron chi connectivity index (χ3n) is 2.08. The van der Waals surface area contributed by atoms with Crippen LogP contribution in [-0.2, 0) is 9.68 Å². The van der Waals surface area contributed by atoms with Gasteiger partial charge in [-0.05, 0) is 36.7 Å². The minimum Gasteiger partial charge on any atom is -0.249 e. The van der Waals surface area contributed by atoms with E-state index in [1.54, 1.807) is 22.7 Å². The number of anilines is 1. The lowest BCUT2D eigenvalue weighted by molar-refractivity contribution is -0.0813. The van der Waals surface area contributed by atoms with E-state index in [9.17, 15) is 0 Å². The van der Waals surface area contributed by atoms with E-state index < -0.39 is 0 Å². The van der Waals surface area contributed by atoms with Crippen LogP contribution in [0.15, 0.2) is 29.0 Å². The molecule has 0 amide bonds. The molecule has 0 aromatic carbocycles. The summed E-state index contributed by atoms with van der Waals surface area (Å²) in [5.74, 6) is 0. The van der Waals surface area contributed by atoms with Crippen molar-refractivity contribution < 1.29 is 9.68 Å². The van der Waals surface area contributed by atoms with Crippen LogP contribution in [0.4, 0.5) is 5.69 Å². The predicted octanol–water partition coefficient (Wildman–Crippen LogP) is 4.19. The Morgan fingerprint density at radius 1 is 1.06 bits per heavy atom. The molecule has 0 N–H and O–H groups in total. The fourth-order valence-electron chi connectivity index (χ4n) is 1.45. The highest BCUT2D eigenvalue weighted by molar-refractivity contribution is 7.20. The Labute approximate surface area is 109 Å². The van der Waals surface area contributed by atoms with Gasteiger partial charge in [-0.15, -0.1) is 27.9 Å². The van der Waals surface area contributed by atoms with Gasteiger partial charge in [-0.2, -0.15) is 0 Å². The molecule has 2 aromatic rings. The molecule has 0 aliphatic heterocycles. The van der Waals surface area contributed by atoms with Crippen LogP contribution < -0.4 is 5.23 Å². The van der Waals surface area contributed by atoms with Gasteiger partial charge in [-0.3, -0.25) is 0 Å². The summed E-state index contributed by atoms with van der Waals surface area (Å²) in [5, 5.41) is 5.64. The summed E-state index contributed by atoms with van der Waals surface area (Å²) in [6.45, 7) is 5.06. The SMILES string of the molecule is CCON(OCC)c1ccsc1-c1cccs1. The molecule has 2 aromatic heterocycles. The molecule has 0 spiro atoms. The highest BCUT2D eigenvalue weighted by atomic mass is 32.1. The first-order chi connectivity index (χ1) is 8.36.